The summed E-state index contributed by atoms with van der Waals surface area (Å²) >= 11 is 0. The maximum Gasteiger partial charge on any atom is 0.242 e. The first kappa shape index (κ1) is 4.21. The Hall–Kier alpha value is -0.700. The van der Waals surface area contributed by atoms with Crippen molar-refractivity contribution < 1.29 is 4.70 Å². The van der Waals surface area contributed by atoms with E-state index in [1.807, 2.05) is 10.9 Å². The molecule has 0 bridgehead atoms. The van der Waals surface area contributed by atoms with Gasteiger partial charge in [0.15, 0.2) is 12.9 Å². The third-order valence-electron chi connectivity index (χ3n) is 1.50. The van der Waals surface area contributed by atoms with E-state index in [2.05, 4.69) is 16.5 Å². The Labute approximate surface area is 47.7 Å². The van der Waals surface area contributed by atoms with Crippen molar-refractivity contribution in [2.24, 2.45) is 5.11 Å². The highest BCUT2D eigenvalue weighted by Crippen LogP contribution is 2.09. The van der Waals surface area contributed by atoms with Crippen LogP contribution in [0.3, 0.4) is 0 Å². The van der Waals surface area contributed by atoms with E-state index in [1.165, 1.54) is 0 Å². The zero-order valence-electron chi connectivity index (χ0n) is 4.54. The lowest BCUT2D eigenvalue weighted by Gasteiger charge is -1.91. The summed E-state index contributed by atoms with van der Waals surface area (Å²) < 4.78 is 1.97. The van der Waals surface area contributed by atoms with E-state index in [4.69, 9.17) is 0 Å². The molecule has 0 saturated heterocycles. The first-order valence-electron chi connectivity index (χ1n) is 2.82. The van der Waals surface area contributed by atoms with Crippen LogP contribution in [0.25, 0.3) is 0 Å². The van der Waals surface area contributed by atoms with E-state index in [0.717, 1.165) is 13.1 Å². The molecular formula is C5H8N3+. The predicted octanol–water partition coefficient (Wildman–Crippen LogP) is 0.255. The van der Waals surface area contributed by atoms with Gasteiger partial charge in [-0.25, -0.2) is 5.32 Å². The minimum Gasteiger partial charge on any atom is -0.232 e. The van der Waals surface area contributed by atoms with Crippen LogP contribution in [0.4, 0.5) is 0 Å². The lowest BCUT2D eigenvalue weighted by molar-refractivity contribution is -0.545. The second-order valence-corrected chi connectivity index (χ2v) is 2.02. The fourth-order valence-corrected chi connectivity index (χ4v) is 1.06. The van der Waals surface area contributed by atoms with E-state index >= 15 is 0 Å². The molecule has 2 aliphatic rings. The van der Waals surface area contributed by atoms with Crippen molar-refractivity contribution in [1.82, 2.24) is 5.32 Å². The summed E-state index contributed by atoms with van der Waals surface area (Å²) in [5.74, 6) is 0. The standard InChI is InChI=1S/C5H8N3/c1-2-5-6-4-7-8(5)3-1/h1,3,5-6H,2,4H2/q+1. The number of nitrogens with one attached hydrogen (secondary N) is 1. The molecule has 0 saturated carbocycles. The average Bonchev–Trinajstić information content (AvgIpc) is 2.15. The SMILES string of the molecule is C1=C[N+]2=NCNC2C1. The molecule has 0 aromatic carbocycles. The summed E-state index contributed by atoms with van der Waals surface area (Å²) in [5, 5.41) is 7.35. The molecule has 0 aliphatic carbocycles. The third kappa shape index (κ3) is 0.419. The van der Waals surface area contributed by atoms with Gasteiger partial charge < -0.3 is 0 Å². The minimum atomic E-state index is 0.481. The number of azo groups is 2. The predicted molar refractivity (Wildman–Crippen MR) is 28.2 cm³/mol. The van der Waals surface area contributed by atoms with Crippen molar-refractivity contribution >= 4 is 0 Å². The van der Waals surface area contributed by atoms with E-state index < -0.39 is 0 Å². The van der Waals surface area contributed by atoms with Crippen molar-refractivity contribution in [3.63, 3.8) is 0 Å². The van der Waals surface area contributed by atoms with Crippen LogP contribution in [0.15, 0.2) is 17.4 Å². The summed E-state index contributed by atoms with van der Waals surface area (Å²) in [4.78, 5) is 0. The molecule has 42 valence electrons. The molecule has 2 aliphatic heterocycles. The highest BCUT2D eigenvalue weighted by Gasteiger charge is 2.28. The van der Waals surface area contributed by atoms with Gasteiger partial charge in [-0.15, -0.1) is 0 Å². The molecule has 0 spiro atoms. The second-order valence-electron chi connectivity index (χ2n) is 2.02. The van der Waals surface area contributed by atoms with Crippen LogP contribution in [-0.4, -0.2) is 17.5 Å². The van der Waals surface area contributed by atoms with Crippen LogP contribution >= 0.6 is 0 Å². The van der Waals surface area contributed by atoms with Gasteiger partial charge in [0.1, 0.15) is 0 Å². The van der Waals surface area contributed by atoms with Crippen molar-refractivity contribution in [3.8, 4) is 0 Å². The highest BCUT2D eigenvalue weighted by atomic mass is 15.4. The summed E-state index contributed by atoms with van der Waals surface area (Å²) in [6, 6.07) is 0. The smallest absolute Gasteiger partial charge is 0.232 e. The van der Waals surface area contributed by atoms with Gasteiger partial charge >= 0.3 is 0 Å². The van der Waals surface area contributed by atoms with E-state index in [-0.39, 0.29) is 0 Å². The maximum absolute atomic E-state index is 4.13. The second kappa shape index (κ2) is 1.39. The van der Waals surface area contributed by atoms with Gasteiger partial charge in [0.2, 0.25) is 6.17 Å². The average molecular weight is 110 g/mol. The summed E-state index contributed by atoms with van der Waals surface area (Å²) in [6.45, 7) is 0.787. The summed E-state index contributed by atoms with van der Waals surface area (Å²) in [7, 11) is 0. The molecule has 3 heteroatoms. The zero-order valence-corrected chi connectivity index (χ0v) is 4.54. The fraction of sp³-hybridized carbons (Fsp3) is 0.600. The Balaban J connectivity index is 2.31. The van der Waals surface area contributed by atoms with Crippen LogP contribution in [-0.2, 0) is 0 Å². The lowest BCUT2D eigenvalue weighted by Crippen LogP contribution is -2.26. The first-order chi connectivity index (χ1) is 3.97. The van der Waals surface area contributed by atoms with Gasteiger partial charge in [-0.05, 0) is 11.2 Å². The molecule has 0 aromatic heterocycles. The van der Waals surface area contributed by atoms with Crippen LogP contribution in [0, 0.1) is 0 Å². The Bertz CT molecular complexity index is 159. The first-order valence-corrected chi connectivity index (χ1v) is 2.82. The van der Waals surface area contributed by atoms with E-state index in [1.54, 1.807) is 0 Å². The monoisotopic (exact) mass is 110 g/mol. The molecule has 8 heavy (non-hydrogen) atoms. The van der Waals surface area contributed by atoms with Crippen LogP contribution in [0.5, 0.6) is 0 Å². The molecule has 0 fully saturated rings. The molecule has 0 radical (unpaired) electrons. The van der Waals surface area contributed by atoms with Gasteiger partial charge in [0.25, 0.3) is 0 Å². The topological polar surface area (TPSA) is 27.4 Å². The Morgan fingerprint density at radius 2 is 2.75 bits per heavy atom. The molecule has 1 N–H and O–H groups in total. The van der Waals surface area contributed by atoms with Gasteiger partial charge in [-0.2, -0.15) is 0 Å². The van der Waals surface area contributed by atoms with Gasteiger partial charge in [-0.3, -0.25) is 0 Å². The molecule has 2 heterocycles. The Kier molecular flexibility index (Phi) is 0.729. The van der Waals surface area contributed by atoms with Crippen molar-refractivity contribution in [1.29, 1.82) is 0 Å². The van der Waals surface area contributed by atoms with Gasteiger partial charge in [0.05, 0.1) is 6.42 Å². The largest absolute Gasteiger partial charge is 0.242 e. The number of rotatable bonds is 0. The Morgan fingerprint density at radius 1 is 1.75 bits per heavy atom. The Morgan fingerprint density at radius 3 is 3.62 bits per heavy atom. The molecule has 2 rings (SSSR count). The number of hydrogen-bond acceptors (Lipinski definition) is 2. The number of fused-ring (bicyclic) bond motifs is 1. The molecule has 3 nitrogen and oxygen atoms in total. The van der Waals surface area contributed by atoms with Crippen molar-refractivity contribution in [3.05, 3.63) is 12.3 Å². The van der Waals surface area contributed by atoms with Crippen LogP contribution in [0.1, 0.15) is 6.42 Å². The quantitative estimate of drug-likeness (QED) is 0.445. The number of hydrogen-bond donors (Lipinski definition) is 1. The normalized spacial score (nSPS) is 33.0. The molecule has 1 unspecified atom stereocenters. The van der Waals surface area contributed by atoms with Crippen molar-refractivity contribution in [2.45, 2.75) is 12.6 Å². The van der Waals surface area contributed by atoms with Crippen molar-refractivity contribution in [2.75, 3.05) is 6.67 Å². The van der Waals surface area contributed by atoms with Crippen LogP contribution in [0.2, 0.25) is 0 Å². The number of nitrogens with zero attached hydrogens (tertiary/aromatic N) is 2. The maximum atomic E-state index is 4.13. The summed E-state index contributed by atoms with van der Waals surface area (Å²) in [5.41, 5.74) is 0. The molecule has 0 aromatic rings. The molecule has 1 atom stereocenters. The third-order valence-corrected chi connectivity index (χ3v) is 1.50. The van der Waals surface area contributed by atoms with E-state index in [0.29, 0.717) is 6.17 Å². The summed E-state index contributed by atoms with van der Waals surface area (Å²) in [6.07, 6.45) is 5.73. The van der Waals surface area contributed by atoms with E-state index in [9.17, 15) is 0 Å². The zero-order chi connectivity index (χ0) is 5.40. The molecular weight excluding hydrogens is 102 g/mol. The minimum absolute atomic E-state index is 0.481. The molecule has 0 amide bonds. The van der Waals surface area contributed by atoms with Crippen LogP contribution < -0.4 is 5.32 Å². The highest BCUT2D eigenvalue weighted by molar-refractivity contribution is 4.83. The van der Waals surface area contributed by atoms with Gasteiger partial charge in [0, 0.05) is 0 Å². The fourth-order valence-electron chi connectivity index (χ4n) is 1.06. The lowest BCUT2D eigenvalue weighted by atomic mass is 10.4. The van der Waals surface area contributed by atoms with Gasteiger partial charge in [-0.1, -0.05) is 4.70 Å².